The van der Waals surface area contributed by atoms with E-state index >= 15 is 0 Å². The monoisotopic (exact) mass is 185 g/mol. The first-order chi connectivity index (χ1) is 6.10. The highest BCUT2D eigenvalue weighted by Gasteiger charge is 2.42. The molecule has 0 aromatic heterocycles. The Kier molecular flexibility index (Phi) is 3.31. The second-order valence-electron chi connectivity index (χ2n) is 4.22. The molecule has 3 heteroatoms. The molecular weight excluding hydrogens is 166 g/mol. The van der Waals surface area contributed by atoms with Crippen LogP contribution in [0.5, 0.6) is 0 Å². The molecule has 0 amide bonds. The van der Waals surface area contributed by atoms with Crippen LogP contribution < -0.4 is 0 Å². The van der Waals surface area contributed by atoms with Gasteiger partial charge in [0.15, 0.2) is 0 Å². The normalized spacial score (nSPS) is 20.6. The predicted molar refractivity (Wildman–Crippen MR) is 51.5 cm³/mol. The lowest BCUT2D eigenvalue weighted by molar-refractivity contribution is -0.153. The summed E-state index contributed by atoms with van der Waals surface area (Å²) >= 11 is 0. The lowest BCUT2D eigenvalue weighted by Crippen LogP contribution is -2.39. The molecule has 1 aliphatic rings. The lowest BCUT2D eigenvalue weighted by Gasteiger charge is -2.28. The van der Waals surface area contributed by atoms with Gasteiger partial charge in [-0.2, -0.15) is 0 Å². The van der Waals surface area contributed by atoms with E-state index in [4.69, 9.17) is 4.74 Å². The standard InChI is InChI=1S/C10H19NO2/c1-11(2)8-10(9(12)13-3)6-4-5-7-10/h4-8H2,1-3H3. The van der Waals surface area contributed by atoms with Crippen molar-refractivity contribution in [1.82, 2.24) is 4.90 Å². The zero-order valence-corrected chi connectivity index (χ0v) is 8.80. The van der Waals surface area contributed by atoms with Gasteiger partial charge in [-0.3, -0.25) is 4.79 Å². The molecule has 0 spiro atoms. The molecule has 1 rings (SSSR count). The SMILES string of the molecule is COC(=O)C1(CN(C)C)CCCC1. The molecule has 0 heterocycles. The van der Waals surface area contributed by atoms with Gasteiger partial charge in [0.05, 0.1) is 12.5 Å². The lowest BCUT2D eigenvalue weighted by atomic mass is 9.86. The summed E-state index contributed by atoms with van der Waals surface area (Å²) in [6, 6.07) is 0. The summed E-state index contributed by atoms with van der Waals surface area (Å²) in [6.45, 7) is 0.819. The van der Waals surface area contributed by atoms with Gasteiger partial charge >= 0.3 is 5.97 Å². The second-order valence-corrected chi connectivity index (χ2v) is 4.22. The van der Waals surface area contributed by atoms with E-state index in [0.717, 1.165) is 32.2 Å². The summed E-state index contributed by atoms with van der Waals surface area (Å²) < 4.78 is 4.87. The third kappa shape index (κ3) is 2.21. The minimum absolute atomic E-state index is 0.0290. The van der Waals surface area contributed by atoms with Crippen LogP contribution in [0.4, 0.5) is 0 Å². The molecule has 0 atom stereocenters. The Morgan fingerprint density at radius 2 is 1.92 bits per heavy atom. The number of ether oxygens (including phenoxy) is 1. The molecule has 1 saturated carbocycles. The number of esters is 1. The molecule has 1 fully saturated rings. The van der Waals surface area contributed by atoms with E-state index in [1.807, 2.05) is 14.1 Å². The van der Waals surface area contributed by atoms with Crippen molar-refractivity contribution in [3.05, 3.63) is 0 Å². The Bertz CT molecular complexity index is 183. The molecule has 0 aromatic carbocycles. The van der Waals surface area contributed by atoms with Crippen molar-refractivity contribution in [2.24, 2.45) is 5.41 Å². The van der Waals surface area contributed by atoms with E-state index in [-0.39, 0.29) is 11.4 Å². The maximum Gasteiger partial charge on any atom is 0.313 e. The number of carbonyl (C=O) groups excluding carboxylic acids is 1. The van der Waals surface area contributed by atoms with Crippen LogP contribution >= 0.6 is 0 Å². The van der Waals surface area contributed by atoms with Gasteiger partial charge in [0.25, 0.3) is 0 Å². The van der Waals surface area contributed by atoms with Gasteiger partial charge in [-0.15, -0.1) is 0 Å². The van der Waals surface area contributed by atoms with Gasteiger partial charge in [-0.1, -0.05) is 12.8 Å². The molecule has 0 N–H and O–H groups in total. The number of methoxy groups -OCH3 is 1. The molecule has 0 saturated heterocycles. The van der Waals surface area contributed by atoms with Crippen LogP contribution in [0.25, 0.3) is 0 Å². The molecule has 0 aliphatic heterocycles. The molecule has 76 valence electrons. The first-order valence-electron chi connectivity index (χ1n) is 4.84. The van der Waals surface area contributed by atoms with Crippen molar-refractivity contribution in [2.75, 3.05) is 27.7 Å². The minimum atomic E-state index is -0.210. The van der Waals surface area contributed by atoms with Crippen LogP contribution in [0.2, 0.25) is 0 Å². The quantitative estimate of drug-likeness (QED) is 0.620. The average Bonchev–Trinajstić information content (AvgIpc) is 2.51. The number of hydrogen-bond donors (Lipinski definition) is 0. The van der Waals surface area contributed by atoms with E-state index in [2.05, 4.69) is 4.90 Å². The van der Waals surface area contributed by atoms with Crippen molar-refractivity contribution < 1.29 is 9.53 Å². The Balaban J connectivity index is 2.68. The Morgan fingerprint density at radius 3 is 2.31 bits per heavy atom. The highest BCUT2D eigenvalue weighted by atomic mass is 16.5. The topological polar surface area (TPSA) is 29.5 Å². The van der Waals surface area contributed by atoms with Crippen LogP contribution in [0, 0.1) is 5.41 Å². The first kappa shape index (κ1) is 10.5. The van der Waals surface area contributed by atoms with Gasteiger partial charge in [-0.05, 0) is 26.9 Å². The Labute approximate surface area is 80.1 Å². The van der Waals surface area contributed by atoms with Gasteiger partial charge in [-0.25, -0.2) is 0 Å². The third-order valence-electron chi connectivity index (χ3n) is 2.80. The van der Waals surface area contributed by atoms with Gasteiger partial charge in [0.1, 0.15) is 0 Å². The van der Waals surface area contributed by atoms with Crippen molar-refractivity contribution in [3.8, 4) is 0 Å². The number of nitrogens with zero attached hydrogens (tertiary/aromatic N) is 1. The summed E-state index contributed by atoms with van der Waals surface area (Å²) in [4.78, 5) is 13.7. The van der Waals surface area contributed by atoms with Crippen molar-refractivity contribution in [2.45, 2.75) is 25.7 Å². The number of rotatable bonds is 3. The smallest absolute Gasteiger partial charge is 0.313 e. The predicted octanol–water partition coefficient (Wildman–Crippen LogP) is 1.28. The van der Waals surface area contributed by atoms with E-state index in [9.17, 15) is 4.79 Å². The highest BCUT2D eigenvalue weighted by Crippen LogP contribution is 2.39. The molecule has 0 aromatic rings. The molecule has 13 heavy (non-hydrogen) atoms. The van der Waals surface area contributed by atoms with E-state index in [1.54, 1.807) is 0 Å². The van der Waals surface area contributed by atoms with E-state index in [0.29, 0.717) is 0 Å². The average molecular weight is 185 g/mol. The zero-order valence-electron chi connectivity index (χ0n) is 8.80. The largest absolute Gasteiger partial charge is 0.469 e. The summed E-state index contributed by atoms with van der Waals surface area (Å²) in [5.74, 6) is -0.0290. The zero-order chi connectivity index (χ0) is 9.90. The van der Waals surface area contributed by atoms with Gasteiger partial charge < -0.3 is 9.64 Å². The Morgan fingerprint density at radius 1 is 1.38 bits per heavy atom. The maximum absolute atomic E-state index is 11.6. The highest BCUT2D eigenvalue weighted by molar-refractivity contribution is 5.77. The van der Waals surface area contributed by atoms with Gasteiger partial charge in [0, 0.05) is 6.54 Å². The fourth-order valence-electron chi connectivity index (χ4n) is 2.30. The minimum Gasteiger partial charge on any atom is -0.469 e. The fourth-order valence-corrected chi connectivity index (χ4v) is 2.30. The van der Waals surface area contributed by atoms with E-state index in [1.165, 1.54) is 7.11 Å². The van der Waals surface area contributed by atoms with E-state index < -0.39 is 0 Å². The molecular formula is C10H19NO2. The molecule has 1 aliphatic carbocycles. The second kappa shape index (κ2) is 4.09. The summed E-state index contributed by atoms with van der Waals surface area (Å²) in [5, 5.41) is 0. The maximum atomic E-state index is 11.6. The Hall–Kier alpha value is -0.570. The van der Waals surface area contributed by atoms with Crippen LogP contribution in [0.1, 0.15) is 25.7 Å². The number of carbonyl (C=O) groups is 1. The van der Waals surface area contributed by atoms with Crippen LogP contribution in [-0.4, -0.2) is 38.6 Å². The van der Waals surface area contributed by atoms with Crippen molar-refractivity contribution in [3.63, 3.8) is 0 Å². The van der Waals surface area contributed by atoms with Crippen molar-refractivity contribution >= 4 is 5.97 Å². The summed E-state index contributed by atoms with van der Waals surface area (Å²) in [7, 11) is 5.49. The van der Waals surface area contributed by atoms with Crippen molar-refractivity contribution in [1.29, 1.82) is 0 Å². The third-order valence-corrected chi connectivity index (χ3v) is 2.80. The number of hydrogen-bond acceptors (Lipinski definition) is 3. The summed E-state index contributed by atoms with van der Waals surface area (Å²) in [5.41, 5.74) is -0.210. The first-order valence-corrected chi connectivity index (χ1v) is 4.84. The van der Waals surface area contributed by atoms with Crippen LogP contribution in [0.15, 0.2) is 0 Å². The molecule has 3 nitrogen and oxygen atoms in total. The molecule has 0 bridgehead atoms. The summed E-state index contributed by atoms with van der Waals surface area (Å²) in [6.07, 6.45) is 4.28. The van der Waals surface area contributed by atoms with Crippen LogP contribution in [0.3, 0.4) is 0 Å². The molecule has 0 unspecified atom stereocenters. The van der Waals surface area contributed by atoms with Crippen LogP contribution in [-0.2, 0) is 9.53 Å². The van der Waals surface area contributed by atoms with Gasteiger partial charge in [0.2, 0.25) is 0 Å². The molecule has 0 radical (unpaired) electrons. The fraction of sp³-hybridized carbons (Fsp3) is 0.900.